The molecule has 6 heteroatoms. The second-order valence-electron chi connectivity index (χ2n) is 5.59. The fourth-order valence-corrected chi connectivity index (χ4v) is 3.84. The Labute approximate surface area is 118 Å². The lowest BCUT2D eigenvalue weighted by Gasteiger charge is -2.34. The maximum absolute atomic E-state index is 12.7. The first-order valence-corrected chi connectivity index (χ1v) is 8.17. The second kappa shape index (κ2) is 5.41. The molecule has 1 aromatic rings. The lowest BCUT2D eigenvalue weighted by Crippen LogP contribution is -2.49. The number of alkyl halides is 2. The van der Waals surface area contributed by atoms with Gasteiger partial charge in [-0.3, -0.25) is 0 Å². The number of rotatable bonds is 5. The van der Waals surface area contributed by atoms with Gasteiger partial charge in [-0.05, 0) is 18.4 Å². The first-order chi connectivity index (χ1) is 9.20. The Morgan fingerprint density at radius 1 is 1.30 bits per heavy atom. The van der Waals surface area contributed by atoms with E-state index in [9.17, 15) is 17.2 Å². The maximum atomic E-state index is 12.7. The molecular formula is C14H19F2NO2S. The van der Waals surface area contributed by atoms with Crippen molar-refractivity contribution in [2.75, 3.05) is 6.54 Å². The molecule has 1 N–H and O–H groups in total. The fourth-order valence-electron chi connectivity index (χ4n) is 2.20. The van der Waals surface area contributed by atoms with Gasteiger partial charge in [0.15, 0.2) is 0 Å². The summed E-state index contributed by atoms with van der Waals surface area (Å²) < 4.78 is 51.6. The predicted molar refractivity (Wildman–Crippen MR) is 74.5 cm³/mol. The van der Waals surface area contributed by atoms with Crippen LogP contribution in [0.2, 0.25) is 0 Å². The van der Waals surface area contributed by atoms with Crippen molar-refractivity contribution in [3.63, 3.8) is 0 Å². The molecule has 0 aromatic heterocycles. The summed E-state index contributed by atoms with van der Waals surface area (Å²) in [4.78, 5) is 0. The molecule has 0 spiro atoms. The van der Waals surface area contributed by atoms with Crippen LogP contribution >= 0.6 is 0 Å². The van der Waals surface area contributed by atoms with E-state index >= 15 is 0 Å². The van der Waals surface area contributed by atoms with Crippen LogP contribution in [0.25, 0.3) is 0 Å². The van der Waals surface area contributed by atoms with E-state index < -0.39 is 34.0 Å². The Morgan fingerprint density at radius 2 is 1.85 bits per heavy atom. The van der Waals surface area contributed by atoms with Crippen LogP contribution in [0.4, 0.5) is 8.78 Å². The van der Waals surface area contributed by atoms with Gasteiger partial charge in [0.2, 0.25) is 10.0 Å². The zero-order valence-electron chi connectivity index (χ0n) is 11.6. The number of benzene rings is 1. The number of nitrogens with one attached hydrogen (secondary N) is 1. The molecule has 0 bridgehead atoms. The first kappa shape index (κ1) is 15.4. The van der Waals surface area contributed by atoms with E-state index in [1.165, 1.54) is 0 Å². The number of sulfonamides is 1. The molecule has 0 radical (unpaired) electrons. The predicted octanol–water partition coefficient (Wildman–Crippen LogP) is 2.82. The molecule has 112 valence electrons. The van der Waals surface area contributed by atoms with Crippen LogP contribution in [-0.4, -0.2) is 26.1 Å². The minimum atomic E-state index is -3.64. The molecule has 2 rings (SSSR count). The molecule has 0 aliphatic heterocycles. The summed E-state index contributed by atoms with van der Waals surface area (Å²) in [5.41, 5.74) is 2.16. The minimum absolute atomic E-state index is 0.00552. The molecule has 3 nitrogen and oxygen atoms in total. The van der Waals surface area contributed by atoms with Gasteiger partial charge < -0.3 is 0 Å². The Kier molecular flexibility index (Phi) is 4.16. The average molecular weight is 303 g/mol. The minimum Gasteiger partial charge on any atom is -0.214 e. The van der Waals surface area contributed by atoms with Gasteiger partial charge in [-0.25, -0.2) is 21.9 Å². The Morgan fingerprint density at radius 3 is 2.35 bits per heavy atom. The fraction of sp³-hybridized carbons (Fsp3) is 0.571. The third kappa shape index (κ3) is 3.55. The highest BCUT2D eigenvalue weighted by Crippen LogP contribution is 2.41. The molecule has 0 saturated heterocycles. The van der Waals surface area contributed by atoms with E-state index in [1.807, 2.05) is 38.1 Å². The summed E-state index contributed by atoms with van der Waals surface area (Å²) in [5.74, 6) is -2.81. The van der Waals surface area contributed by atoms with Crippen molar-refractivity contribution in [2.24, 2.45) is 0 Å². The quantitative estimate of drug-likeness (QED) is 0.909. The molecule has 1 unspecified atom stereocenters. The van der Waals surface area contributed by atoms with Crippen LogP contribution in [0, 0.1) is 6.92 Å². The van der Waals surface area contributed by atoms with Crippen molar-refractivity contribution >= 4 is 10.0 Å². The summed E-state index contributed by atoms with van der Waals surface area (Å²) >= 11 is 0. The Bertz CT molecular complexity index is 561. The second-order valence-corrected chi connectivity index (χ2v) is 7.64. The normalized spacial score (nSPS) is 20.4. The van der Waals surface area contributed by atoms with Crippen molar-refractivity contribution in [2.45, 2.75) is 43.8 Å². The van der Waals surface area contributed by atoms with Gasteiger partial charge in [0.05, 0.1) is 5.25 Å². The van der Waals surface area contributed by atoms with Gasteiger partial charge in [-0.1, -0.05) is 36.8 Å². The smallest absolute Gasteiger partial charge is 0.214 e. The van der Waals surface area contributed by atoms with E-state index in [1.54, 1.807) is 0 Å². The standard InChI is InChI=1S/C14H19F2NO2S/c1-10-3-5-12(6-4-10)11(2)9-17-20(18,19)13-7-14(15,16)8-13/h3-6,11,13,17H,7-9H2,1-2H3. The van der Waals surface area contributed by atoms with E-state index in [0.29, 0.717) is 0 Å². The lowest BCUT2D eigenvalue weighted by atomic mass is 9.94. The van der Waals surface area contributed by atoms with Gasteiger partial charge in [-0.15, -0.1) is 0 Å². The summed E-state index contributed by atoms with van der Waals surface area (Å²) in [7, 11) is -3.64. The Balaban J connectivity index is 1.90. The van der Waals surface area contributed by atoms with Crippen LogP contribution in [0.5, 0.6) is 0 Å². The monoisotopic (exact) mass is 303 g/mol. The molecule has 1 fully saturated rings. The summed E-state index contributed by atoms with van der Waals surface area (Å²) in [5, 5.41) is -0.956. The van der Waals surface area contributed by atoms with Crippen molar-refractivity contribution in [3.05, 3.63) is 35.4 Å². The van der Waals surface area contributed by atoms with Crippen molar-refractivity contribution in [3.8, 4) is 0 Å². The third-order valence-electron chi connectivity index (χ3n) is 3.73. The molecule has 1 aliphatic rings. The number of halogens is 2. The van der Waals surface area contributed by atoms with Gasteiger partial charge in [0.25, 0.3) is 5.92 Å². The molecule has 1 saturated carbocycles. The SMILES string of the molecule is Cc1ccc(C(C)CNS(=O)(=O)C2CC(F)(F)C2)cc1. The average Bonchev–Trinajstić information content (AvgIpc) is 2.34. The highest BCUT2D eigenvalue weighted by Gasteiger charge is 2.51. The number of aryl methyl sites for hydroxylation is 1. The van der Waals surface area contributed by atoms with Crippen molar-refractivity contribution in [1.29, 1.82) is 0 Å². The van der Waals surface area contributed by atoms with E-state index in [4.69, 9.17) is 0 Å². The summed E-state index contributed by atoms with van der Waals surface area (Å²) in [6, 6.07) is 7.83. The van der Waals surface area contributed by atoms with Gasteiger partial charge in [-0.2, -0.15) is 0 Å². The van der Waals surface area contributed by atoms with Crippen LogP contribution in [-0.2, 0) is 10.0 Å². The summed E-state index contributed by atoms with van der Waals surface area (Å²) in [6.07, 6.45) is -1.14. The molecule has 20 heavy (non-hydrogen) atoms. The molecule has 1 aromatic carbocycles. The molecule has 0 heterocycles. The molecule has 1 atom stereocenters. The zero-order valence-corrected chi connectivity index (χ0v) is 12.4. The zero-order chi connectivity index (χ0) is 15.0. The van der Waals surface area contributed by atoms with Gasteiger partial charge in [0.1, 0.15) is 0 Å². The van der Waals surface area contributed by atoms with Crippen LogP contribution < -0.4 is 4.72 Å². The van der Waals surface area contributed by atoms with Crippen LogP contribution in [0.15, 0.2) is 24.3 Å². The third-order valence-corrected chi connectivity index (χ3v) is 5.51. The first-order valence-electron chi connectivity index (χ1n) is 6.62. The molecular weight excluding hydrogens is 284 g/mol. The lowest BCUT2D eigenvalue weighted by molar-refractivity contribution is -0.0687. The molecule has 1 aliphatic carbocycles. The number of hydrogen-bond acceptors (Lipinski definition) is 2. The molecule has 0 amide bonds. The number of hydrogen-bond donors (Lipinski definition) is 1. The van der Waals surface area contributed by atoms with Crippen LogP contribution in [0.3, 0.4) is 0 Å². The van der Waals surface area contributed by atoms with Crippen molar-refractivity contribution in [1.82, 2.24) is 4.72 Å². The Hall–Kier alpha value is -1.01. The topological polar surface area (TPSA) is 46.2 Å². The van der Waals surface area contributed by atoms with E-state index in [2.05, 4.69) is 4.72 Å². The highest BCUT2D eigenvalue weighted by atomic mass is 32.2. The van der Waals surface area contributed by atoms with E-state index in [0.717, 1.165) is 11.1 Å². The van der Waals surface area contributed by atoms with Crippen molar-refractivity contribution < 1.29 is 17.2 Å². The summed E-state index contributed by atoms with van der Waals surface area (Å²) in [6.45, 7) is 4.12. The largest absolute Gasteiger partial charge is 0.250 e. The van der Waals surface area contributed by atoms with E-state index in [-0.39, 0.29) is 12.5 Å². The maximum Gasteiger partial charge on any atom is 0.250 e. The highest BCUT2D eigenvalue weighted by molar-refractivity contribution is 7.90. The van der Waals surface area contributed by atoms with Gasteiger partial charge >= 0.3 is 0 Å². The van der Waals surface area contributed by atoms with Gasteiger partial charge in [0, 0.05) is 19.4 Å². The van der Waals surface area contributed by atoms with Crippen LogP contribution in [0.1, 0.15) is 36.8 Å².